The smallest absolute Gasteiger partial charge is 0.303 e. The molecule has 3 N–H and O–H groups in total. The summed E-state index contributed by atoms with van der Waals surface area (Å²) in [6.45, 7) is 0.933. The summed E-state index contributed by atoms with van der Waals surface area (Å²) in [6.07, 6.45) is 2.25. The van der Waals surface area contributed by atoms with E-state index >= 15 is 0 Å². The number of rotatable bonds is 10. The first-order valence-electron chi connectivity index (χ1n) is 7.41. The summed E-state index contributed by atoms with van der Waals surface area (Å²) in [4.78, 5) is 33.5. The number of hydrogen-bond acceptors (Lipinski definition) is 3. The highest BCUT2D eigenvalue weighted by molar-refractivity contribution is 5.94. The molecule has 1 aromatic rings. The molecule has 0 saturated carbocycles. The Kier molecular flexibility index (Phi) is 8.33. The third-order valence-electron chi connectivity index (χ3n) is 3.04. The van der Waals surface area contributed by atoms with Crippen molar-refractivity contribution in [3.8, 4) is 0 Å². The zero-order valence-corrected chi connectivity index (χ0v) is 12.5. The Hall–Kier alpha value is -2.37. The number of carbonyl (C=O) groups is 3. The fourth-order valence-electron chi connectivity index (χ4n) is 1.86. The van der Waals surface area contributed by atoms with Gasteiger partial charge in [-0.3, -0.25) is 14.4 Å². The first-order chi connectivity index (χ1) is 10.6. The molecule has 22 heavy (non-hydrogen) atoms. The highest BCUT2D eigenvalue weighted by Crippen LogP contribution is 1.98. The van der Waals surface area contributed by atoms with Crippen LogP contribution in [0.15, 0.2) is 30.3 Å². The molecular formula is C16H22N2O4. The van der Waals surface area contributed by atoms with E-state index in [4.69, 9.17) is 5.11 Å². The minimum atomic E-state index is -0.819. The van der Waals surface area contributed by atoms with Crippen molar-refractivity contribution in [3.05, 3.63) is 35.9 Å². The summed E-state index contributed by atoms with van der Waals surface area (Å²) < 4.78 is 0. The van der Waals surface area contributed by atoms with E-state index in [9.17, 15) is 14.4 Å². The summed E-state index contributed by atoms with van der Waals surface area (Å²) >= 11 is 0. The second kappa shape index (κ2) is 10.4. The maximum atomic E-state index is 11.7. The van der Waals surface area contributed by atoms with Crippen molar-refractivity contribution in [2.24, 2.45) is 0 Å². The average Bonchev–Trinajstić information content (AvgIpc) is 2.51. The number of benzene rings is 1. The zero-order valence-electron chi connectivity index (χ0n) is 12.5. The lowest BCUT2D eigenvalue weighted by atomic mass is 10.2. The Bertz CT molecular complexity index is 488. The van der Waals surface area contributed by atoms with Gasteiger partial charge in [0, 0.05) is 31.5 Å². The standard InChI is InChI=1S/C16H22N2O4/c19-14(17-11-5-4-10-15(20)21)9-6-12-18-16(22)13-7-2-1-3-8-13/h1-3,7-8H,4-6,9-12H2,(H,17,19)(H,18,22)(H,20,21). The van der Waals surface area contributed by atoms with Crippen molar-refractivity contribution in [1.82, 2.24) is 10.6 Å². The molecule has 120 valence electrons. The molecule has 0 fully saturated rings. The second-order valence-electron chi connectivity index (χ2n) is 4.93. The first-order valence-corrected chi connectivity index (χ1v) is 7.41. The van der Waals surface area contributed by atoms with Gasteiger partial charge in [0.05, 0.1) is 0 Å². The lowest BCUT2D eigenvalue weighted by Gasteiger charge is -2.06. The maximum absolute atomic E-state index is 11.7. The number of aliphatic carboxylic acids is 1. The summed E-state index contributed by atoms with van der Waals surface area (Å²) in [5.41, 5.74) is 0.602. The van der Waals surface area contributed by atoms with E-state index < -0.39 is 5.97 Å². The average molecular weight is 306 g/mol. The number of carboxylic acid groups (broad SMARTS) is 1. The van der Waals surface area contributed by atoms with Crippen LogP contribution < -0.4 is 10.6 Å². The van der Waals surface area contributed by atoms with E-state index in [-0.39, 0.29) is 18.2 Å². The third-order valence-corrected chi connectivity index (χ3v) is 3.04. The van der Waals surface area contributed by atoms with Gasteiger partial charge in [-0.15, -0.1) is 0 Å². The van der Waals surface area contributed by atoms with Crippen LogP contribution in [0.4, 0.5) is 0 Å². The number of hydrogen-bond donors (Lipinski definition) is 3. The van der Waals surface area contributed by atoms with Gasteiger partial charge >= 0.3 is 5.97 Å². The van der Waals surface area contributed by atoms with Crippen LogP contribution in [0, 0.1) is 0 Å². The van der Waals surface area contributed by atoms with Gasteiger partial charge < -0.3 is 15.7 Å². The Morgan fingerprint density at radius 2 is 1.55 bits per heavy atom. The molecule has 0 unspecified atom stereocenters. The molecule has 0 bridgehead atoms. The predicted molar refractivity (Wildman–Crippen MR) is 82.5 cm³/mol. The van der Waals surface area contributed by atoms with Gasteiger partial charge in [-0.05, 0) is 31.4 Å². The van der Waals surface area contributed by atoms with E-state index in [1.165, 1.54) is 0 Å². The first kappa shape index (κ1) is 17.7. The maximum Gasteiger partial charge on any atom is 0.303 e. The zero-order chi connectivity index (χ0) is 16.2. The molecule has 0 aromatic heterocycles. The van der Waals surface area contributed by atoms with E-state index in [2.05, 4.69) is 10.6 Å². The van der Waals surface area contributed by atoms with Crippen molar-refractivity contribution < 1.29 is 19.5 Å². The topological polar surface area (TPSA) is 95.5 Å². The van der Waals surface area contributed by atoms with Crippen molar-refractivity contribution >= 4 is 17.8 Å². The molecule has 0 aliphatic heterocycles. The monoisotopic (exact) mass is 306 g/mol. The molecule has 1 aromatic carbocycles. The molecule has 0 aliphatic carbocycles. The van der Waals surface area contributed by atoms with E-state index in [0.717, 1.165) is 0 Å². The highest BCUT2D eigenvalue weighted by atomic mass is 16.4. The molecule has 0 saturated heterocycles. The number of carboxylic acids is 1. The van der Waals surface area contributed by atoms with Crippen LogP contribution in [0.25, 0.3) is 0 Å². The molecule has 0 spiro atoms. The van der Waals surface area contributed by atoms with Gasteiger partial charge in [0.25, 0.3) is 5.91 Å². The molecule has 0 heterocycles. The lowest BCUT2D eigenvalue weighted by Crippen LogP contribution is -2.28. The van der Waals surface area contributed by atoms with E-state index in [0.29, 0.717) is 44.3 Å². The van der Waals surface area contributed by atoms with Gasteiger partial charge in [-0.1, -0.05) is 18.2 Å². The molecule has 1 rings (SSSR count). The van der Waals surface area contributed by atoms with Crippen molar-refractivity contribution in [2.75, 3.05) is 13.1 Å². The number of unbranched alkanes of at least 4 members (excludes halogenated alkanes) is 1. The summed E-state index contributed by atoms with van der Waals surface area (Å²) in [6, 6.07) is 8.91. The predicted octanol–water partition coefficient (Wildman–Crippen LogP) is 1.57. The van der Waals surface area contributed by atoms with Gasteiger partial charge in [-0.25, -0.2) is 0 Å². The molecule has 6 heteroatoms. The molecule has 6 nitrogen and oxygen atoms in total. The fraction of sp³-hybridized carbons (Fsp3) is 0.438. The minimum Gasteiger partial charge on any atom is -0.481 e. The lowest BCUT2D eigenvalue weighted by molar-refractivity contribution is -0.137. The van der Waals surface area contributed by atoms with Crippen molar-refractivity contribution in [1.29, 1.82) is 0 Å². The van der Waals surface area contributed by atoms with Gasteiger partial charge in [0.2, 0.25) is 5.91 Å². The van der Waals surface area contributed by atoms with Gasteiger partial charge in [-0.2, -0.15) is 0 Å². The van der Waals surface area contributed by atoms with Crippen LogP contribution in [-0.2, 0) is 9.59 Å². The van der Waals surface area contributed by atoms with Crippen LogP contribution in [-0.4, -0.2) is 36.0 Å². The second-order valence-corrected chi connectivity index (χ2v) is 4.93. The van der Waals surface area contributed by atoms with E-state index in [1.807, 2.05) is 6.07 Å². The Morgan fingerprint density at radius 3 is 2.23 bits per heavy atom. The molecule has 2 amide bonds. The molecule has 0 aliphatic rings. The molecule has 0 atom stereocenters. The summed E-state index contributed by atoms with van der Waals surface area (Å²) in [5.74, 6) is -1.04. The summed E-state index contributed by atoms with van der Waals surface area (Å²) in [7, 11) is 0. The normalized spacial score (nSPS) is 10.0. The van der Waals surface area contributed by atoms with Crippen molar-refractivity contribution in [2.45, 2.75) is 32.1 Å². The van der Waals surface area contributed by atoms with Crippen LogP contribution in [0.1, 0.15) is 42.5 Å². The van der Waals surface area contributed by atoms with Crippen LogP contribution in [0.3, 0.4) is 0 Å². The van der Waals surface area contributed by atoms with Crippen LogP contribution >= 0.6 is 0 Å². The van der Waals surface area contributed by atoms with E-state index in [1.54, 1.807) is 24.3 Å². The quantitative estimate of drug-likeness (QED) is 0.572. The highest BCUT2D eigenvalue weighted by Gasteiger charge is 2.05. The SMILES string of the molecule is O=C(O)CCCCNC(=O)CCCNC(=O)c1ccccc1. The summed E-state index contributed by atoms with van der Waals surface area (Å²) in [5, 5.41) is 14.0. The Balaban J connectivity index is 2.03. The van der Waals surface area contributed by atoms with Crippen LogP contribution in [0.2, 0.25) is 0 Å². The van der Waals surface area contributed by atoms with Crippen LogP contribution in [0.5, 0.6) is 0 Å². The minimum absolute atomic E-state index is 0.0794. The van der Waals surface area contributed by atoms with Crippen molar-refractivity contribution in [3.63, 3.8) is 0 Å². The largest absolute Gasteiger partial charge is 0.481 e. The molecule has 0 radical (unpaired) electrons. The Morgan fingerprint density at radius 1 is 0.864 bits per heavy atom. The van der Waals surface area contributed by atoms with Gasteiger partial charge in [0.1, 0.15) is 0 Å². The number of amides is 2. The Labute approximate surface area is 129 Å². The number of nitrogens with one attached hydrogen (secondary N) is 2. The third kappa shape index (κ3) is 8.04. The molecular weight excluding hydrogens is 284 g/mol. The van der Waals surface area contributed by atoms with Gasteiger partial charge in [0.15, 0.2) is 0 Å². The fourth-order valence-corrected chi connectivity index (χ4v) is 1.86. The number of carbonyl (C=O) groups excluding carboxylic acids is 2.